The summed E-state index contributed by atoms with van der Waals surface area (Å²) in [7, 11) is 0. The van der Waals surface area contributed by atoms with E-state index in [9.17, 15) is 26.3 Å². The maximum Gasteiger partial charge on any atom is 0.417 e. The Morgan fingerprint density at radius 3 is 2.56 bits per heavy atom. The van der Waals surface area contributed by atoms with Gasteiger partial charge < -0.3 is 30.3 Å². The van der Waals surface area contributed by atoms with Crippen LogP contribution in [0.15, 0.2) is 6.07 Å². The molecule has 3 saturated heterocycles. The Balaban J connectivity index is 1.32. The number of hydrogen-bond acceptors (Lipinski definition) is 9. The van der Waals surface area contributed by atoms with Crippen molar-refractivity contribution in [3.63, 3.8) is 0 Å². The molecule has 1 aromatic carbocycles. The highest BCUT2D eigenvalue weighted by molar-refractivity contribution is 5.97. The van der Waals surface area contributed by atoms with Crippen molar-refractivity contribution in [3.8, 4) is 23.1 Å². The number of aromatic nitrogens is 3. The van der Waals surface area contributed by atoms with Crippen LogP contribution in [0, 0.1) is 18.6 Å². The van der Waals surface area contributed by atoms with Crippen LogP contribution in [-0.4, -0.2) is 89.2 Å². The molecule has 48 heavy (non-hydrogen) atoms. The van der Waals surface area contributed by atoms with Gasteiger partial charge in [-0.3, -0.25) is 0 Å². The van der Waals surface area contributed by atoms with Crippen LogP contribution in [0.3, 0.4) is 0 Å². The molecule has 6 atom stereocenters. The van der Waals surface area contributed by atoms with Crippen molar-refractivity contribution in [3.05, 3.63) is 28.8 Å². The third-order valence-corrected chi connectivity index (χ3v) is 9.94. The van der Waals surface area contributed by atoms with Crippen molar-refractivity contribution in [2.45, 2.75) is 88.7 Å². The van der Waals surface area contributed by atoms with Gasteiger partial charge >= 0.3 is 12.2 Å². The summed E-state index contributed by atoms with van der Waals surface area (Å²) < 4.78 is 116. The first kappa shape index (κ1) is 32.9. The summed E-state index contributed by atoms with van der Waals surface area (Å²) in [5.41, 5.74) is 0.809. The number of nitrogens with zero attached hydrogens (tertiary/aromatic N) is 5. The summed E-state index contributed by atoms with van der Waals surface area (Å²) in [6.07, 6.45) is -5.99. The molecule has 0 saturated carbocycles. The molecule has 9 nitrogen and oxygen atoms in total. The molecule has 2 aromatic heterocycles. The van der Waals surface area contributed by atoms with Crippen LogP contribution in [0.2, 0.25) is 0 Å². The molecular weight excluding hydrogens is 647 g/mol. The lowest BCUT2D eigenvalue weighted by molar-refractivity contribution is -0.137. The average Bonchev–Trinajstić information content (AvgIpc) is 3.66. The fourth-order valence-electron chi connectivity index (χ4n) is 7.67. The maximum atomic E-state index is 16.6. The van der Waals surface area contributed by atoms with E-state index < -0.39 is 69.8 Å². The van der Waals surface area contributed by atoms with Crippen LogP contribution >= 0.6 is 0 Å². The highest BCUT2D eigenvalue weighted by atomic mass is 19.4. The zero-order valence-corrected chi connectivity index (χ0v) is 26.4. The molecule has 0 radical (unpaired) electrons. The van der Waals surface area contributed by atoms with E-state index in [-0.39, 0.29) is 60.8 Å². The number of likely N-dealkylation sites (tertiary alicyclic amines) is 1. The minimum atomic E-state index is -5.10. The number of piperazine rings is 1. The van der Waals surface area contributed by atoms with E-state index in [1.807, 2.05) is 9.80 Å². The number of nitrogens with two attached hydrogens (primary N) is 1. The van der Waals surface area contributed by atoms with Gasteiger partial charge in [0.05, 0.1) is 23.9 Å². The minimum absolute atomic E-state index is 0.0254. The highest BCUT2D eigenvalue weighted by Gasteiger charge is 2.47. The van der Waals surface area contributed by atoms with Crippen molar-refractivity contribution < 1.29 is 40.2 Å². The summed E-state index contributed by atoms with van der Waals surface area (Å²) in [5, 5.41) is 3.57. The van der Waals surface area contributed by atoms with E-state index >= 15 is 4.39 Å². The number of ether oxygens (including phenoxy) is 2. The number of rotatable bonds is 8. The molecule has 0 amide bonds. The Kier molecular flexibility index (Phi) is 8.45. The topological polar surface area (TPSA) is 102 Å². The zero-order valence-electron chi connectivity index (χ0n) is 26.4. The molecule has 260 valence electrons. The Labute approximate surface area is 272 Å². The Hall–Kier alpha value is -3.66. The van der Waals surface area contributed by atoms with Crippen LogP contribution in [0.5, 0.6) is 11.9 Å². The molecule has 7 rings (SSSR count). The second-order valence-corrected chi connectivity index (χ2v) is 13.1. The Bertz CT molecular complexity index is 1720. The molecule has 16 heteroatoms. The van der Waals surface area contributed by atoms with Gasteiger partial charge in [-0.25, -0.2) is 22.5 Å². The van der Waals surface area contributed by atoms with E-state index in [1.165, 1.54) is 0 Å². The number of benzene rings is 1. The van der Waals surface area contributed by atoms with E-state index in [2.05, 4.69) is 20.3 Å². The molecule has 3 aromatic rings. The van der Waals surface area contributed by atoms with Crippen LogP contribution < -0.4 is 25.4 Å². The van der Waals surface area contributed by atoms with Crippen LogP contribution in [0.4, 0.5) is 42.2 Å². The molecule has 0 aliphatic carbocycles. The fraction of sp³-hybridized carbons (Fsp3) is 0.594. The number of anilines is 2. The summed E-state index contributed by atoms with van der Waals surface area (Å²) in [6.45, 7) is 4.21. The van der Waals surface area contributed by atoms with E-state index in [1.54, 1.807) is 6.92 Å². The van der Waals surface area contributed by atoms with Crippen molar-refractivity contribution >= 4 is 22.4 Å². The van der Waals surface area contributed by atoms with Crippen molar-refractivity contribution in [1.82, 2.24) is 25.2 Å². The van der Waals surface area contributed by atoms with Crippen LogP contribution in [-0.2, 0) is 6.18 Å². The SMILES string of the molecule is Cc1c(F)c(N)cc(-c2nc3c4c(nc(OCC[C@@H](F)[C@@H](F)CN5CCCC5)nc4c2F)N2C[C@H]4CC[C@H](N4)[C@H]2[C@H](C)O3)c1C(F)(F)F. The minimum Gasteiger partial charge on any atom is -0.472 e. The Morgan fingerprint density at radius 1 is 1.08 bits per heavy atom. The average molecular weight is 684 g/mol. The van der Waals surface area contributed by atoms with Gasteiger partial charge in [-0.05, 0) is 64.3 Å². The number of nitrogen functional groups attached to an aromatic ring is 1. The number of alkyl halides is 5. The predicted molar refractivity (Wildman–Crippen MR) is 164 cm³/mol. The predicted octanol–water partition coefficient (Wildman–Crippen LogP) is 5.51. The second-order valence-electron chi connectivity index (χ2n) is 13.1. The normalized spacial score (nSPS) is 25.1. The second kappa shape index (κ2) is 12.3. The van der Waals surface area contributed by atoms with Crippen molar-refractivity contribution in [2.75, 3.05) is 43.4 Å². The molecule has 3 N–H and O–H groups in total. The molecule has 4 aliphatic heterocycles. The summed E-state index contributed by atoms with van der Waals surface area (Å²) in [6, 6.07) is 0.0604. The number of halogens is 7. The number of pyridine rings is 1. The van der Waals surface area contributed by atoms with E-state index in [0.29, 0.717) is 25.7 Å². The van der Waals surface area contributed by atoms with Gasteiger partial charge in [0.25, 0.3) is 0 Å². The van der Waals surface area contributed by atoms with Gasteiger partial charge in [0.1, 0.15) is 46.7 Å². The smallest absolute Gasteiger partial charge is 0.417 e. The van der Waals surface area contributed by atoms with Crippen LogP contribution in [0.1, 0.15) is 50.2 Å². The summed E-state index contributed by atoms with van der Waals surface area (Å²) in [5.74, 6) is -2.54. The first-order valence-corrected chi connectivity index (χ1v) is 16.2. The Morgan fingerprint density at radius 2 is 1.83 bits per heavy atom. The van der Waals surface area contributed by atoms with Gasteiger partial charge in [-0.1, -0.05) is 0 Å². The fourth-order valence-corrected chi connectivity index (χ4v) is 7.67. The van der Waals surface area contributed by atoms with Gasteiger partial charge in [0.2, 0.25) is 5.88 Å². The first-order chi connectivity index (χ1) is 22.8. The highest BCUT2D eigenvalue weighted by Crippen LogP contribution is 2.47. The molecule has 0 unspecified atom stereocenters. The molecule has 6 heterocycles. The quantitative estimate of drug-likeness (QED) is 0.235. The van der Waals surface area contributed by atoms with Gasteiger partial charge in [-0.2, -0.15) is 23.1 Å². The van der Waals surface area contributed by atoms with Gasteiger partial charge in [-0.15, -0.1) is 0 Å². The lowest BCUT2D eigenvalue weighted by Crippen LogP contribution is -2.62. The third-order valence-electron chi connectivity index (χ3n) is 9.94. The van der Waals surface area contributed by atoms with E-state index in [4.69, 9.17) is 15.2 Å². The first-order valence-electron chi connectivity index (χ1n) is 16.2. The standard InChI is InChI=1S/C32H36F7N7O2/c1-14-23(32(37,38)39)17(11-20(40)24(14)35)26-25(36)27-22-29(46-12-16-5-6-21(41-16)28(46)15(2)48-30(22)42-26)44-31(43-27)47-10-7-18(33)19(34)13-45-8-3-4-9-45/h11,15-16,18-19,21,28,41H,3-10,12-13,40H2,1-2H3/t15-,16+,18+,19-,21-,28+/m0/s1. The van der Waals surface area contributed by atoms with Crippen LogP contribution in [0.25, 0.3) is 22.2 Å². The molecule has 0 spiro atoms. The number of hydrogen-bond donors (Lipinski definition) is 2. The molecule has 3 fully saturated rings. The largest absolute Gasteiger partial charge is 0.472 e. The zero-order chi connectivity index (χ0) is 34.1. The van der Waals surface area contributed by atoms with Gasteiger partial charge in [0.15, 0.2) is 5.82 Å². The summed E-state index contributed by atoms with van der Waals surface area (Å²) >= 11 is 0. The third kappa shape index (κ3) is 5.73. The summed E-state index contributed by atoms with van der Waals surface area (Å²) in [4.78, 5) is 16.9. The van der Waals surface area contributed by atoms with Crippen molar-refractivity contribution in [2.24, 2.45) is 0 Å². The number of nitrogens with one attached hydrogen (secondary N) is 1. The lowest BCUT2D eigenvalue weighted by atomic mass is 9.96. The molecular formula is C32H36F7N7O2. The van der Waals surface area contributed by atoms with E-state index in [0.717, 1.165) is 32.6 Å². The monoisotopic (exact) mass is 683 g/mol. The van der Waals surface area contributed by atoms with Crippen molar-refractivity contribution in [1.29, 1.82) is 0 Å². The lowest BCUT2D eigenvalue weighted by Gasteiger charge is -2.42. The molecule has 4 aliphatic rings. The maximum absolute atomic E-state index is 16.6. The molecule has 2 bridgehead atoms. The number of fused-ring (bicyclic) bond motifs is 5. The van der Waals surface area contributed by atoms with Gasteiger partial charge in [0, 0.05) is 37.2 Å².